The highest BCUT2D eigenvalue weighted by Gasteiger charge is 2.14. The van der Waals surface area contributed by atoms with Gasteiger partial charge < -0.3 is 16.0 Å². The zero-order valence-corrected chi connectivity index (χ0v) is 13.3. The Labute approximate surface area is 132 Å². The zero-order valence-electron chi connectivity index (χ0n) is 13.3. The second kappa shape index (κ2) is 9.07. The van der Waals surface area contributed by atoms with Crippen LogP contribution in [0.3, 0.4) is 0 Å². The summed E-state index contributed by atoms with van der Waals surface area (Å²) < 4.78 is 0. The lowest BCUT2D eigenvalue weighted by Crippen LogP contribution is -2.47. The highest BCUT2D eigenvalue weighted by atomic mass is 16.1. The number of amides is 1. The Kier molecular flexibility index (Phi) is 6.74. The maximum absolute atomic E-state index is 11.9. The number of nitrogens with zero attached hydrogens (tertiary/aromatic N) is 1. The van der Waals surface area contributed by atoms with Crippen molar-refractivity contribution in [2.75, 3.05) is 13.6 Å². The van der Waals surface area contributed by atoms with Gasteiger partial charge in [0.05, 0.1) is 6.54 Å². The van der Waals surface area contributed by atoms with Crippen molar-refractivity contribution >= 4 is 11.9 Å². The molecule has 0 aliphatic heterocycles. The van der Waals surface area contributed by atoms with Crippen LogP contribution in [-0.4, -0.2) is 31.5 Å². The number of benzene rings is 1. The summed E-state index contributed by atoms with van der Waals surface area (Å²) in [7, 11) is 1.74. The van der Waals surface area contributed by atoms with E-state index < -0.39 is 0 Å². The highest BCUT2D eigenvalue weighted by Crippen LogP contribution is 2.17. The van der Waals surface area contributed by atoms with Crippen LogP contribution in [0.2, 0.25) is 0 Å². The van der Waals surface area contributed by atoms with Gasteiger partial charge >= 0.3 is 0 Å². The van der Waals surface area contributed by atoms with E-state index in [4.69, 9.17) is 0 Å². The van der Waals surface area contributed by atoms with Crippen molar-refractivity contribution in [3.8, 4) is 0 Å². The summed E-state index contributed by atoms with van der Waals surface area (Å²) in [6.07, 6.45) is 6.23. The van der Waals surface area contributed by atoms with Crippen LogP contribution in [-0.2, 0) is 11.3 Å². The van der Waals surface area contributed by atoms with Crippen molar-refractivity contribution < 1.29 is 4.79 Å². The number of aliphatic imine (C=N–C) groups is 1. The maximum atomic E-state index is 11.9. The smallest absolute Gasteiger partial charge is 0.239 e. The van der Waals surface area contributed by atoms with Crippen molar-refractivity contribution in [1.29, 1.82) is 0 Å². The van der Waals surface area contributed by atoms with Gasteiger partial charge in [-0.1, -0.05) is 49.6 Å². The monoisotopic (exact) mass is 302 g/mol. The number of rotatable bonds is 5. The Bertz CT molecular complexity index is 481. The molecule has 0 spiro atoms. The molecular weight excluding hydrogens is 276 g/mol. The largest absolute Gasteiger partial charge is 0.354 e. The fraction of sp³-hybridized carbons (Fsp3) is 0.529. The molecule has 5 nitrogen and oxygen atoms in total. The average molecular weight is 302 g/mol. The van der Waals surface area contributed by atoms with Gasteiger partial charge in [0.25, 0.3) is 0 Å². The van der Waals surface area contributed by atoms with Crippen molar-refractivity contribution in [3.05, 3.63) is 35.9 Å². The summed E-state index contributed by atoms with van der Waals surface area (Å²) in [6.45, 7) is 0.787. The Balaban J connectivity index is 1.67. The third-order valence-electron chi connectivity index (χ3n) is 3.92. The summed E-state index contributed by atoms with van der Waals surface area (Å²) in [6, 6.07) is 10.4. The van der Waals surface area contributed by atoms with E-state index >= 15 is 0 Å². The molecule has 0 atom stereocenters. The first-order valence-electron chi connectivity index (χ1n) is 8.06. The lowest BCUT2D eigenvalue weighted by Gasteiger charge is -2.24. The fourth-order valence-electron chi connectivity index (χ4n) is 2.66. The van der Waals surface area contributed by atoms with Gasteiger partial charge in [0, 0.05) is 19.6 Å². The molecule has 0 unspecified atom stereocenters. The van der Waals surface area contributed by atoms with Gasteiger partial charge in [-0.3, -0.25) is 9.79 Å². The predicted octanol–water partition coefficient (Wildman–Crippen LogP) is 1.80. The third kappa shape index (κ3) is 5.76. The molecule has 0 bridgehead atoms. The number of hydrogen-bond acceptors (Lipinski definition) is 2. The third-order valence-corrected chi connectivity index (χ3v) is 3.92. The van der Waals surface area contributed by atoms with Crippen LogP contribution in [0, 0.1) is 0 Å². The normalized spacial score (nSPS) is 16.1. The van der Waals surface area contributed by atoms with E-state index in [-0.39, 0.29) is 12.5 Å². The molecule has 2 rings (SSSR count). The molecule has 1 aromatic carbocycles. The van der Waals surface area contributed by atoms with Crippen LogP contribution in [0.5, 0.6) is 0 Å². The van der Waals surface area contributed by atoms with E-state index in [0.29, 0.717) is 18.5 Å². The molecule has 22 heavy (non-hydrogen) atoms. The number of hydrogen-bond donors (Lipinski definition) is 3. The highest BCUT2D eigenvalue weighted by molar-refractivity contribution is 5.86. The van der Waals surface area contributed by atoms with Gasteiger partial charge in [-0.2, -0.15) is 0 Å². The van der Waals surface area contributed by atoms with E-state index in [1.165, 1.54) is 32.1 Å². The van der Waals surface area contributed by atoms with E-state index in [9.17, 15) is 4.79 Å². The maximum Gasteiger partial charge on any atom is 0.239 e. The molecule has 1 saturated carbocycles. The first-order chi connectivity index (χ1) is 10.8. The van der Waals surface area contributed by atoms with Crippen LogP contribution >= 0.6 is 0 Å². The van der Waals surface area contributed by atoms with E-state index in [1.807, 2.05) is 30.3 Å². The van der Waals surface area contributed by atoms with Crippen molar-refractivity contribution in [2.45, 2.75) is 44.7 Å². The summed E-state index contributed by atoms with van der Waals surface area (Å²) >= 11 is 0. The van der Waals surface area contributed by atoms with Gasteiger partial charge in [0.1, 0.15) is 0 Å². The molecule has 120 valence electrons. The second-order valence-electron chi connectivity index (χ2n) is 5.67. The molecular formula is C17H26N4O. The zero-order chi connectivity index (χ0) is 15.6. The summed E-state index contributed by atoms with van der Waals surface area (Å²) in [4.78, 5) is 16.1. The summed E-state index contributed by atoms with van der Waals surface area (Å²) in [5, 5.41) is 9.37. The molecule has 1 amide bonds. The molecule has 1 aromatic rings. The van der Waals surface area contributed by atoms with Gasteiger partial charge in [-0.25, -0.2) is 0 Å². The molecule has 1 aliphatic carbocycles. The molecule has 3 N–H and O–H groups in total. The minimum Gasteiger partial charge on any atom is -0.354 e. The predicted molar refractivity (Wildman–Crippen MR) is 89.7 cm³/mol. The number of nitrogens with one attached hydrogen (secondary N) is 3. The number of guanidine groups is 1. The van der Waals surface area contributed by atoms with E-state index in [2.05, 4.69) is 20.9 Å². The van der Waals surface area contributed by atoms with Crippen LogP contribution < -0.4 is 16.0 Å². The molecule has 0 saturated heterocycles. The molecule has 0 heterocycles. The van der Waals surface area contributed by atoms with Gasteiger partial charge in [-0.15, -0.1) is 0 Å². The summed E-state index contributed by atoms with van der Waals surface area (Å²) in [5.74, 6) is 0.678. The first-order valence-corrected chi connectivity index (χ1v) is 8.06. The Morgan fingerprint density at radius 1 is 1.14 bits per heavy atom. The molecule has 0 aromatic heterocycles. The van der Waals surface area contributed by atoms with Gasteiger partial charge in [-0.05, 0) is 18.4 Å². The van der Waals surface area contributed by atoms with Crippen LogP contribution in [0.15, 0.2) is 35.3 Å². The SMILES string of the molecule is CN=C(NCC(=O)NCc1ccccc1)NC1CCCCC1. The van der Waals surface area contributed by atoms with Gasteiger partial charge in [0.2, 0.25) is 5.91 Å². The molecule has 1 aliphatic rings. The second-order valence-corrected chi connectivity index (χ2v) is 5.67. The Morgan fingerprint density at radius 3 is 2.55 bits per heavy atom. The van der Waals surface area contributed by atoms with Crippen molar-refractivity contribution in [1.82, 2.24) is 16.0 Å². The number of carbonyl (C=O) groups is 1. The fourth-order valence-corrected chi connectivity index (χ4v) is 2.66. The van der Waals surface area contributed by atoms with Crippen molar-refractivity contribution in [3.63, 3.8) is 0 Å². The van der Waals surface area contributed by atoms with Crippen LogP contribution in [0.25, 0.3) is 0 Å². The quantitative estimate of drug-likeness (QED) is 0.574. The standard InChI is InChI=1S/C17H26N4O/c1-18-17(21-15-10-6-3-7-11-15)20-13-16(22)19-12-14-8-4-2-5-9-14/h2,4-5,8-9,15H,3,6-7,10-13H2,1H3,(H,19,22)(H2,18,20,21). The first kappa shape index (κ1) is 16.3. The molecule has 0 radical (unpaired) electrons. The minimum atomic E-state index is -0.0320. The van der Waals surface area contributed by atoms with Crippen LogP contribution in [0.4, 0.5) is 0 Å². The average Bonchev–Trinajstić information content (AvgIpc) is 2.58. The minimum absolute atomic E-state index is 0.0320. The Morgan fingerprint density at radius 2 is 1.86 bits per heavy atom. The molecule has 1 fully saturated rings. The van der Waals surface area contributed by atoms with Gasteiger partial charge in [0.15, 0.2) is 5.96 Å². The molecule has 5 heteroatoms. The number of carbonyl (C=O) groups excluding carboxylic acids is 1. The van der Waals surface area contributed by atoms with E-state index in [1.54, 1.807) is 7.05 Å². The van der Waals surface area contributed by atoms with E-state index in [0.717, 1.165) is 5.56 Å². The lowest BCUT2D eigenvalue weighted by molar-refractivity contribution is -0.120. The lowest BCUT2D eigenvalue weighted by atomic mass is 9.96. The van der Waals surface area contributed by atoms with Crippen molar-refractivity contribution in [2.24, 2.45) is 4.99 Å². The summed E-state index contributed by atoms with van der Waals surface area (Å²) in [5.41, 5.74) is 1.10. The Hall–Kier alpha value is -2.04. The van der Waals surface area contributed by atoms with Crippen LogP contribution in [0.1, 0.15) is 37.7 Å². The topological polar surface area (TPSA) is 65.5 Å².